The van der Waals surface area contributed by atoms with Gasteiger partial charge in [-0.3, -0.25) is 14.6 Å². The van der Waals surface area contributed by atoms with Crippen LogP contribution in [0.2, 0.25) is 0 Å². The van der Waals surface area contributed by atoms with Crippen LogP contribution >= 0.6 is 0 Å². The molecule has 2 amide bonds. The number of carbonyl (C=O) groups is 2. The third kappa shape index (κ3) is 4.73. The quantitative estimate of drug-likeness (QED) is 0.714. The van der Waals surface area contributed by atoms with Crippen LogP contribution in [0.25, 0.3) is 0 Å². The number of carbonyl (C=O) groups excluding carboxylic acids is 2. The van der Waals surface area contributed by atoms with E-state index in [1.807, 2.05) is 30.3 Å². The number of amides is 2. The van der Waals surface area contributed by atoms with Crippen LogP contribution < -0.4 is 10.1 Å². The Morgan fingerprint density at radius 1 is 1.04 bits per heavy atom. The Balaban J connectivity index is 1.69. The zero-order chi connectivity index (χ0) is 19.9. The molecule has 0 unspecified atom stereocenters. The molecule has 6 nitrogen and oxygen atoms in total. The fourth-order valence-corrected chi connectivity index (χ4v) is 2.71. The lowest BCUT2D eigenvalue weighted by molar-refractivity contribution is 0.0785. The SMILES string of the molecule is COc1ccc(NC(=O)c2cc(C(=O)N(C)Cc3ccccc3)ccn2)cc1. The predicted molar refractivity (Wildman–Crippen MR) is 107 cm³/mol. The molecular weight excluding hydrogens is 354 g/mol. The minimum atomic E-state index is -0.384. The van der Waals surface area contributed by atoms with E-state index in [4.69, 9.17) is 4.74 Å². The number of hydrogen-bond acceptors (Lipinski definition) is 4. The Morgan fingerprint density at radius 2 is 1.75 bits per heavy atom. The molecule has 1 heterocycles. The van der Waals surface area contributed by atoms with Crippen LogP contribution in [0.1, 0.15) is 26.4 Å². The van der Waals surface area contributed by atoms with Crippen molar-refractivity contribution in [3.63, 3.8) is 0 Å². The van der Waals surface area contributed by atoms with Crippen LogP contribution in [0.15, 0.2) is 72.9 Å². The molecule has 0 aliphatic heterocycles. The Hall–Kier alpha value is -3.67. The fourth-order valence-electron chi connectivity index (χ4n) is 2.71. The van der Waals surface area contributed by atoms with Gasteiger partial charge in [-0.1, -0.05) is 30.3 Å². The van der Waals surface area contributed by atoms with E-state index in [-0.39, 0.29) is 17.5 Å². The average molecular weight is 375 g/mol. The number of methoxy groups -OCH3 is 1. The van der Waals surface area contributed by atoms with E-state index in [2.05, 4.69) is 10.3 Å². The smallest absolute Gasteiger partial charge is 0.274 e. The molecule has 0 spiro atoms. The van der Waals surface area contributed by atoms with Crippen molar-refractivity contribution in [1.82, 2.24) is 9.88 Å². The highest BCUT2D eigenvalue weighted by molar-refractivity contribution is 6.04. The second-order valence-electron chi connectivity index (χ2n) is 6.26. The first-order valence-electron chi connectivity index (χ1n) is 8.77. The molecule has 1 N–H and O–H groups in total. The Morgan fingerprint density at radius 3 is 2.43 bits per heavy atom. The second-order valence-corrected chi connectivity index (χ2v) is 6.26. The number of nitrogens with zero attached hydrogens (tertiary/aromatic N) is 2. The first kappa shape index (κ1) is 19.1. The summed E-state index contributed by atoms with van der Waals surface area (Å²) >= 11 is 0. The molecule has 0 saturated heterocycles. The van der Waals surface area contributed by atoms with Crippen LogP contribution in [0.3, 0.4) is 0 Å². The number of aromatic nitrogens is 1. The van der Waals surface area contributed by atoms with E-state index in [9.17, 15) is 9.59 Å². The van der Waals surface area contributed by atoms with Crippen molar-refractivity contribution >= 4 is 17.5 Å². The molecular formula is C22H21N3O3. The van der Waals surface area contributed by atoms with Gasteiger partial charge < -0.3 is 15.0 Å². The molecule has 0 radical (unpaired) electrons. The van der Waals surface area contributed by atoms with Crippen molar-refractivity contribution in [3.05, 3.63) is 89.7 Å². The first-order valence-corrected chi connectivity index (χ1v) is 8.77. The highest BCUT2D eigenvalue weighted by Gasteiger charge is 2.15. The zero-order valence-electron chi connectivity index (χ0n) is 15.8. The third-order valence-corrected chi connectivity index (χ3v) is 4.20. The normalized spacial score (nSPS) is 10.2. The number of anilines is 1. The summed E-state index contributed by atoms with van der Waals surface area (Å²) in [5.74, 6) is 0.139. The van der Waals surface area contributed by atoms with Crippen LogP contribution in [-0.2, 0) is 6.54 Å². The molecule has 142 valence electrons. The molecule has 0 atom stereocenters. The Bertz CT molecular complexity index is 956. The zero-order valence-corrected chi connectivity index (χ0v) is 15.8. The minimum absolute atomic E-state index is 0.176. The number of benzene rings is 2. The molecule has 3 aromatic rings. The summed E-state index contributed by atoms with van der Waals surface area (Å²) in [4.78, 5) is 30.9. The number of hydrogen-bond donors (Lipinski definition) is 1. The summed E-state index contributed by atoms with van der Waals surface area (Å²) in [6.45, 7) is 0.482. The van der Waals surface area contributed by atoms with Gasteiger partial charge in [0.2, 0.25) is 0 Å². The summed E-state index contributed by atoms with van der Waals surface area (Å²) in [6.07, 6.45) is 1.46. The number of rotatable bonds is 6. The van der Waals surface area contributed by atoms with Gasteiger partial charge in [0.15, 0.2) is 0 Å². The van der Waals surface area contributed by atoms with Crippen molar-refractivity contribution < 1.29 is 14.3 Å². The van der Waals surface area contributed by atoms with E-state index < -0.39 is 0 Å². The van der Waals surface area contributed by atoms with Crippen LogP contribution in [0, 0.1) is 0 Å². The Labute approximate surface area is 163 Å². The van der Waals surface area contributed by atoms with E-state index in [0.29, 0.717) is 23.5 Å². The van der Waals surface area contributed by atoms with Crippen LogP contribution in [-0.4, -0.2) is 35.9 Å². The van der Waals surface area contributed by atoms with E-state index in [1.54, 1.807) is 49.4 Å². The second kappa shape index (κ2) is 8.81. The summed E-state index contributed by atoms with van der Waals surface area (Å²) in [5, 5.41) is 2.76. The Kier molecular flexibility index (Phi) is 6.01. The number of ether oxygens (including phenoxy) is 1. The standard InChI is InChI=1S/C22H21N3O3/c1-25(15-16-6-4-3-5-7-16)22(27)17-12-13-23-20(14-17)21(26)24-18-8-10-19(28-2)11-9-18/h3-14H,15H2,1-2H3,(H,24,26). The molecule has 0 bridgehead atoms. The number of nitrogens with one attached hydrogen (secondary N) is 1. The summed E-state index contributed by atoms with van der Waals surface area (Å²) in [5.41, 5.74) is 2.23. The number of pyridine rings is 1. The topological polar surface area (TPSA) is 71.5 Å². The largest absolute Gasteiger partial charge is 0.497 e. The maximum Gasteiger partial charge on any atom is 0.274 e. The molecule has 0 fully saturated rings. The third-order valence-electron chi connectivity index (χ3n) is 4.20. The van der Waals surface area contributed by atoms with Crippen LogP contribution in [0.5, 0.6) is 5.75 Å². The van der Waals surface area contributed by atoms with Crippen molar-refractivity contribution in [2.75, 3.05) is 19.5 Å². The maximum atomic E-state index is 12.7. The van der Waals surface area contributed by atoms with E-state index in [0.717, 1.165) is 5.56 Å². The summed E-state index contributed by atoms with van der Waals surface area (Å²) in [7, 11) is 3.31. The lowest BCUT2D eigenvalue weighted by atomic mass is 10.1. The van der Waals surface area contributed by atoms with Crippen molar-refractivity contribution in [3.8, 4) is 5.75 Å². The van der Waals surface area contributed by atoms with Gasteiger partial charge in [0, 0.05) is 31.0 Å². The van der Waals surface area contributed by atoms with Gasteiger partial charge in [-0.25, -0.2) is 0 Å². The molecule has 0 aliphatic carbocycles. The van der Waals surface area contributed by atoms with Crippen molar-refractivity contribution in [2.45, 2.75) is 6.54 Å². The summed E-state index contributed by atoms with van der Waals surface area (Å²) in [6, 6.07) is 19.8. The van der Waals surface area contributed by atoms with Crippen molar-refractivity contribution in [1.29, 1.82) is 0 Å². The maximum absolute atomic E-state index is 12.7. The molecule has 0 saturated carbocycles. The van der Waals surface area contributed by atoms with Gasteiger partial charge in [-0.15, -0.1) is 0 Å². The van der Waals surface area contributed by atoms with Gasteiger partial charge in [0.25, 0.3) is 11.8 Å². The first-order chi connectivity index (χ1) is 13.6. The van der Waals surface area contributed by atoms with Gasteiger partial charge in [-0.2, -0.15) is 0 Å². The lowest BCUT2D eigenvalue weighted by Gasteiger charge is -2.17. The van der Waals surface area contributed by atoms with Gasteiger partial charge in [0.05, 0.1) is 7.11 Å². The van der Waals surface area contributed by atoms with Crippen molar-refractivity contribution in [2.24, 2.45) is 0 Å². The molecule has 28 heavy (non-hydrogen) atoms. The van der Waals surface area contributed by atoms with Gasteiger partial charge >= 0.3 is 0 Å². The van der Waals surface area contributed by atoms with Crippen LogP contribution in [0.4, 0.5) is 5.69 Å². The molecule has 6 heteroatoms. The van der Waals surface area contributed by atoms with Gasteiger partial charge in [-0.05, 0) is 42.0 Å². The van der Waals surface area contributed by atoms with E-state index >= 15 is 0 Å². The lowest BCUT2D eigenvalue weighted by Crippen LogP contribution is -2.26. The molecule has 3 rings (SSSR count). The van der Waals surface area contributed by atoms with Gasteiger partial charge in [0.1, 0.15) is 11.4 Å². The molecule has 1 aromatic heterocycles. The monoisotopic (exact) mass is 375 g/mol. The fraction of sp³-hybridized carbons (Fsp3) is 0.136. The highest BCUT2D eigenvalue weighted by Crippen LogP contribution is 2.16. The minimum Gasteiger partial charge on any atom is -0.497 e. The van der Waals surface area contributed by atoms with E-state index in [1.165, 1.54) is 12.3 Å². The predicted octanol–water partition coefficient (Wildman–Crippen LogP) is 3.61. The molecule has 2 aromatic carbocycles. The summed E-state index contributed by atoms with van der Waals surface area (Å²) < 4.78 is 5.10. The highest BCUT2D eigenvalue weighted by atomic mass is 16.5. The average Bonchev–Trinajstić information content (AvgIpc) is 2.74. The molecule has 0 aliphatic rings.